The van der Waals surface area contributed by atoms with E-state index in [1.807, 2.05) is 0 Å². The molecule has 4 nitrogen and oxygen atoms in total. The summed E-state index contributed by atoms with van der Waals surface area (Å²) in [6.07, 6.45) is 0. The maximum atomic E-state index is 5.21. The van der Waals surface area contributed by atoms with Crippen LogP contribution in [0.5, 0.6) is 0 Å². The summed E-state index contributed by atoms with van der Waals surface area (Å²) in [5.74, 6) is 1.94. The van der Waals surface area contributed by atoms with Crippen molar-refractivity contribution in [3.63, 3.8) is 0 Å². The molecular weight excluding hydrogens is 585 g/mol. The Kier molecular flexibility index (Phi) is 6.85. The molecule has 0 spiro atoms. The first kappa shape index (κ1) is 27.9. The molecule has 0 unspecified atom stereocenters. The highest BCUT2D eigenvalue weighted by molar-refractivity contribution is 6.02. The van der Waals surface area contributed by atoms with Gasteiger partial charge >= 0.3 is 5.84 Å². The van der Waals surface area contributed by atoms with Crippen LogP contribution in [-0.2, 0) is 0 Å². The number of aromatic amines is 1. The topological polar surface area (TPSA) is 59.3 Å². The van der Waals surface area contributed by atoms with E-state index in [-0.39, 0.29) is 0 Å². The number of benzene rings is 7. The van der Waals surface area contributed by atoms with E-state index in [1.165, 1.54) is 27.9 Å². The van der Waals surface area contributed by atoms with Gasteiger partial charge in [-0.25, -0.2) is 10.3 Å². The van der Waals surface area contributed by atoms with Gasteiger partial charge in [-0.1, -0.05) is 146 Å². The Morgan fingerprint density at radius 1 is 0.417 bits per heavy atom. The lowest BCUT2D eigenvalue weighted by molar-refractivity contribution is -0.483. The predicted octanol–water partition coefficient (Wildman–Crippen LogP) is 8.27. The molecule has 0 radical (unpaired) electrons. The highest BCUT2D eigenvalue weighted by Gasteiger charge is 2.34. The van der Waals surface area contributed by atoms with Crippen LogP contribution in [0.2, 0.25) is 0 Å². The largest absolute Gasteiger partial charge is 0.377 e. The van der Waals surface area contributed by atoms with Crippen LogP contribution < -0.4 is 10.3 Å². The number of nitrogens with two attached hydrogens (primary N) is 1. The van der Waals surface area contributed by atoms with Crippen molar-refractivity contribution in [2.75, 3.05) is 0 Å². The van der Waals surface area contributed by atoms with Crippen LogP contribution in [0.1, 0.15) is 5.56 Å². The quantitative estimate of drug-likeness (QED) is 0.162. The summed E-state index contributed by atoms with van der Waals surface area (Å²) < 4.78 is 0. The van der Waals surface area contributed by atoms with E-state index in [9.17, 15) is 0 Å². The van der Waals surface area contributed by atoms with Crippen molar-refractivity contribution < 1.29 is 10.3 Å². The minimum Gasteiger partial charge on any atom is -0.337 e. The molecule has 1 aliphatic heterocycles. The number of aromatic nitrogens is 2. The van der Waals surface area contributed by atoms with Gasteiger partial charge in [0, 0.05) is 16.7 Å². The fourth-order valence-corrected chi connectivity index (χ4v) is 6.85. The fraction of sp³-hybridized carbons (Fsp3) is 0. The second-order valence-electron chi connectivity index (χ2n) is 12.1. The van der Waals surface area contributed by atoms with Crippen molar-refractivity contribution in [2.45, 2.75) is 0 Å². The summed E-state index contributed by atoms with van der Waals surface area (Å²) in [4.78, 5) is 12.7. The number of quaternary nitrogens is 1. The van der Waals surface area contributed by atoms with Crippen LogP contribution in [0.15, 0.2) is 170 Å². The van der Waals surface area contributed by atoms with Gasteiger partial charge in [-0.05, 0) is 46.5 Å². The highest BCUT2D eigenvalue weighted by atomic mass is 15.1. The molecule has 0 fully saturated rings. The molecule has 0 bridgehead atoms. The number of hydrogen-bond acceptors (Lipinski definition) is 1. The van der Waals surface area contributed by atoms with E-state index >= 15 is 0 Å². The molecule has 0 saturated heterocycles. The highest BCUT2D eigenvalue weighted by Crippen LogP contribution is 2.38. The zero-order valence-electron chi connectivity index (χ0n) is 26.2. The van der Waals surface area contributed by atoms with E-state index in [0.29, 0.717) is 0 Å². The predicted molar refractivity (Wildman–Crippen MR) is 196 cm³/mol. The molecule has 1 aromatic heterocycles. The summed E-state index contributed by atoms with van der Waals surface area (Å²) in [5.41, 5.74) is 15.9. The normalized spacial score (nSPS) is 12.2. The maximum absolute atomic E-state index is 5.21. The number of amidine groups is 1. The van der Waals surface area contributed by atoms with Crippen LogP contribution in [0.25, 0.3) is 66.9 Å². The Bertz CT molecular complexity index is 2350. The Morgan fingerprint density at radius 2 is 0.875 bits per heavy atom. The zero-order chi connectivity index (χ0) is 31.9. The molecular formula is C44H32N4+2. The average Bonchev–Trinajstić information content (AvgIpc) is 3.82. The third-order valence-electron chi connectivity index (χ3n) is 9.25. The molecule has 0 saturated carbocycles. The van der Waals surface area contributed by atoms with Crippen LogP contribution in [0.3, 0.4) is 0 Å². The summed E-state index contributed by atoms with van der Waals surface area (Å²) >= 11 is 0. The Labute approximate surface area is 279 Å². The molecule has 4 heteroatoms. The first-order valence-corrected chi connectivity index (χ1v) is 16.3. The number of imidazole rings is 1. The van der Waals surface area contributed by atoms with Gasteiger partial charge in [0.05, 0.1) is 22.2 Å². The Balaban J connectivity index is 1.11. The SMILES string of the molecule is c1ccc(-c2ccc(-c3ccccc3)c3c2[NH+]=C(c2ccc(-c4nc5c(-c6ccccc6)ccc(-c6ccccc6)c5[nH]4)cc2)[NH2+]3)cc1. The standard InChI is InChI=1S/C44H30N4/c1-5-13-29(14-6-1)35-25-26-36(30-15-7-2-8-16-30)40-39(35)45-43(46-40)33-21-23-34(24-22-33)44-47-41-37(31-17-9-3-10-18-31)27-28-38(42(41)48-44)32-19-11-4-12-20-32/h1-28H,(H,45,46)(H,47,48)/p+2. The summed E-state index contributed by atoms with van der Waals surface area (Å²) in [6, 6.07) is 59.8. The molecule has 7 aromatic carbocycles. The second kappa shape index (κ2) is 11.8. The third kappa shape index (κ3) is 4.92. The summed E-state index contributed by atoms with van der Waals surface area (Å²) in [5, 5.41) is 2.29. The van der Waals surface area contributed by atoms with Gasteiger partial charge in [-0.3, -0.25) is 0 Å². The smallest absolute Gasteiger partial charge is 0.337 e. The van der Waals surface area contributed by atoms with E-state index < -0.39 is 0 Å². The first-order valence-electron chi connectivity index (χ1n) is 16.3. The van der Waals surface area contributed by atoms with Crippen molar-refractivity contribution in [1.82, 2.24) is 9.97 Å². The number of nitrogens with zero attached hydrogens (tertiary/aromatic N) is 1. The van der Waals surface area contributed by atoms with Crippen LogP contribution in [-0.4, -0.2) is 15.8 Å². The summed E-state index contributed by atoms with van der Waals surface area (Å²) in [6.45, 7) is 0. The zero-order valence-corrected chi connectivity index (χ0v) is 26.2. The average molecular weight is 617 g/mol. The van der Waals surface area contributed by atoms with E-state index in [0.717, 1.165) is 61.8 Å². The molecule has 9 rings (SSSR count). The lowest BCUT2D eigenvalue weighted by Gasteiger charge is -2.07. The van der Waals surface area contributed by atoms with Gasteiger partial charge < -0.3 is 4.98 Å². The number of nitrogens with one attached hydrogen (secondary N) is 2. The third-order valence-corrected chi connectivity index (χ3v) is 9.25. The lowest BCUT2D eigenvalue weighted by Crippen LogP contribution is -2.89. The molecule has 8 aromatic rings. The van der Waals surface area contributed by atoms with Crippen LogP contribution in [0.4, 0.5) is 11.4 Å². The van der Waals surface area contributed by atoms with Crippen LogP contribution in [0, 0.1) is 0 Å². The minimum absolute atomic E-state index is 0.853. The van der Waals surface area contributed by atoms with E-state index in [2.05, 4.69) is 185 Å². The maximum Gasteiger partial charge on any atom is 0.377 e. The molecule has 226 valence electrons. The van der Waals surface area contributed by atoms with Gasteiger partial charge in [0.25, 0.3) is 5.69 Å². The number of fused-ring (bicyclic) bond motifs is 2. The van der Waals surface area contributed by atoms with Gasteiger partial charge in [0.15, 0.2) is 0 Å². The molecule has 0 aliphatic carbocycles. The number of nitrogen functional groups attached to an aromatic ring is 1. The monoisotopic (exact) mass is 616 g/mol. The van der Waals surface area contributed by atoms with E-state index in [4.69, 9.17) is 4.98 Å². The number of rotatable bonds is 6. The minimum atomic E-state index is 0.853. The van der Waals surface area contributed by atoms with E-state index in [1.54, 1.807) is 0 Å². The van der Waals surface area contributed by atoms with Gasteiger partial charge in [-0.15, -0.1) is 0 Å². The first-order chi connectivity index (χ1) is 23.8. The van der Waals surface area contributed by atoms with Crippen molar-refractivity contribution >= 4 is 28.2 Å². The molecule has 4 N–H and O–H groups in total. The van der Waals surface area contributed by atoms with Crippen molar-refractivity contribution in [2.24, 2.45) is 0 Å². The molecule has 0 amide bonds. The number of H-pyrrole nitrogens is 1. The molecule has 48 heavy (non-hydrogen) atoms. The molecule has 2 heterocycles. The van der Waals surface area contributed by atoms with Gasteiger partial charge in [0.2, 0.25) is 5.69 Å². The van der Waals surface area contributed by atoms with Crippen molar-refractivity contribution in [1.29, 1.82) is 0 Å². The molecule has 0 atom stereocenters. The summed E-state index contributed by atoms with van der Waals surface area (Å²) in [7, 11) is 0. The fourth-order valence-electron chi connectivity index (χ4n) is 6.85. The van der Waals surface area contributed by atoms with Crippen molar-refractivity contribution in [3.05, 3.63) is 175 Å². The molecule has 1 aliphatic rings. The van der Waals surface area contributed by atoms with Gasteiger partial charge in [-0.2, -0.15) is 4.99 Å². The Morgan fingerprint density at radius 3 is 1.48 bits per heavy atom. The second-order valence-corrected chi connectivity index (χ2v) is 12.1. The van der Waals surface area contributed by atoms with Crippen LogP contribution >= 0.6 is 0 Å². The number of hydrogen-bond donors (Lipinski definition) is 3. The Hall–Kier alpha value is -6.36. The van der Waals surface area contributed by atoms with Gasteiger partial charge in [0.1, 0.15) is 11.4 Å². The van der Waals surface area contributed by atoms with Crippen molar-refractivity contribution in [3.8, 4) is 55.9 Å². The lowest BCUT2D eigenvalue weighted by atomic mass is 9.96.